The van der Waals surface area contributed by atoms with Gasteiger partial charge in [-0.2, -0.15) is 0 Å². The topological polar surface area (TPSA) is 69.6 Å². The van der Waals surface area contributed by atoms with E-state index < -0.39 is 22.2 Å². The maximum Gasteiger partial charge on any atom is 0.247 e. The average molecular weight is 527 g/mol. The lowest BCUT2D eigenvalue weighted by Gasteiger charge is -2.26. The first-order valence-electron chi connectivity index (χ1n) is 12.1. The summed E-state index contributed by atoms with van der Waals surface area (Å²) in [7, 11) is 3.99. The molecule has 3 rings (SSSR count). The molecule has 3 aromatic carbocycles. The van der Waals surface area contributed by atoms with Gasteiger partial charge in [0.1, 0.15) is 0 Å². The van der Waals surface area contributed by atoms with Gasteiger partial charge < -0.3 is 14.8 Å². The van der Waals surface area contributed by atoms with Crippen molar-refractivity contribution in [2.75, 3.05) is 19.4 Å². The van der Waals surface area contributed by atoms with Crippen molar-refractivity contribution in [2.24, 2.45) is 0 Å². The van der Waals surface area contributed by atoms with Gasteiger partial charge in [-0.25, -0.2) is 4.21 Å². The van der Waals surface area contributed by atoms with Crippen molar-refractivity contribution in [3.8, 4) is 11.1 Å². The van der Waals surface area contributed by atoms with Crippen LogP contribution >= 0.6 is 11.6 Å². The highest BCUT2D eigenvalue weighted by Gasteiger charge is 2.33. The van der Waals surface area contributed by atoms with Crippen molar-refractivity contribution < 1.29 is 13.6 Å². The van der Waals surface area contributed by atoms with Gasteiger partial charge >= 0.3 is 0 Å². The second-order valence-electron chi connectivity index (χ2n) is 9.96. The van der Waals surface area contributed by atoms with Crippen molar-refractivity contribution in [3.63, 3.8) is 0 Å². The number of benzene rings is 3. The van der Waals surface area contributed by atoms with Crippen LogP contribution in [0.1, 0.15) is 67.0 Å². The molecule has 0 heterocycles. The molecule has 2 unspecified atom stereocenters. The summed E-state index contributed by atoms with van der Waals surface area (Å²) in [6, 6.07) is 19.2. The second kappa shape index (κ2) is 12.2. The van der Waals surface area contributed by atoms with Crippen LogP contribution < -0.4 is 5.32 Å². The predicted molar refractivity (Wildman–Crippen MR) is 151 cm³/mol. The van der Waals surface area contributed by atoms with E-state index in [2.05, 4.69) is 10.2 Å². The van der Waals surface area contributed by atoms with Gasteiger partial charge in [-0.15, -0.1) is 0 Å². The summed E-state index contributed by atoms with van der Waals surface area (Å²) in [5, 5.41) is 2.30. The van der Waals surface area contributed by atoms with Crippen LogP contribution in [-0.2, 0) is 22.4 Å². The molecule has 0 aliphatic carbocycles. The Hall–Kier alpha value is -2.51. The van der Waals surface area contributed by atoms with E-state index in [1.165, 1.54) is 0 Å². The average Bonchev–Trinajstić information content (AvgIpc) is 2.80. The number of nitrogens with one attached hydrogen (secondary N) is 1. The molecular formula is C29H35ClN2O3S. The highest BCUT2D eigenvalue weighted by molar-refractivity contribution is 7.80. The van der Waals surface area contributed by atoms with Crippen LogP contribution in [0.4, 0.5) is 5.69 Å². The molecule has 0 fully saturated rings. The first-order chi connectivity index (χ1) is 17.0. The summed E-state index contributed by atoms with van der Waals surface area (Å²) in [5.41, 5.74) is 6.08. The van der Waals surface area contributed by atoms with Crippen LogP contribution in [0.15, 0.2) is 60.7 Å². The monoisotopic (exact) mass is 526 g/mol. The van der Waals surface area contributed by atoms with Crippen molar-refractivity contribution in [3.05, 3.63) is 87.9 Å². The lowest BCUT2D eigenvalue weighted by Crippen LogP contribution is -2.27. The predicted octanol–water partition coefficient (Wildman–Crippen LogP) is 7.22. The van der Waals surface area contributed by atoms with Crippen molar-refractivity contribution >= 4 is 34.3 Å². The summed E-state index contributed by atoms with van der Waals surface area (Å²) >= 11 is 3.67. The van der Waals surface area contributed by atoms with Gasteiger partial charge in [0.15, 0.2) is 16.3 Å². The Balaban J connectivity index is 2.07. The smallest absolute Gasteiger partial charge is 0.247 e. The Morgan fingerprint density at radius 1 is 0.917 bits per heavy atom. The van der Waals surface area contributed by atoms with Gasteiger partial charge in [-0.1, -0.05) is 75.7 Å². The first-order valence-corrected chi connectivity index (χ1v) is 13.6. The van der Waals surface area contributed by atoms with Crippen molar-refractivity contribution in [2.45, 2.75) is 51.3 Å². The number of amides is 1. The fraction of sp³-hybridized carbons (Fsp3) is 0.345. The van der Waals surface area contributed by atoms with E-state index in [0.717, 1.165) is 34.4 Å². The molecule has 0 aliphatic rings. The van der Waals surface area contributed by atoms with Crippen LogP contribution in [0, 0.1) is 0 Å². The molecule has 0 spiro atoms. The number of rotatable bonds is 9. The molecule has 36 heavy (non-hydrogen) atoms. The zero-order valence-corrected chi connectivity index (χ0v) is 23.3. The number of nitrogens with zero attached hydrogens (tertiary/aromatic N) is 1. The Kier molecular flexibility index (Phi) is 9.47. The Labute approximate surface area is 222 Å². The normalized spacial score (nSPS) is 13.3. The highest BCUT2D eigenvalue weighted by Crippen LogP contribution is 2.39. The fourth-order valence-electron chi connectivity index (χ4n) is 4.36. The van der Waals surface area contributed by atoms with Crippen LogP contribution in [-0.4, -0.2) is 33.7 Å². The SMILES string of the molecule is CC(C)c1cc(-c2ccc(Cl)cc2)cc(C(C)C)c1C(C(=O)Nc1ccc(CN(C)C)cc1)S(=O)O. The number of carbonyl (C=O) groups excluding carboxylic acids is 1. The van der Waals surface area contributed by atoms with Crippen LogP contribution in [0.2, 0.25) is 5.02 Å². The van der Waals surface area contributed by atoms with E-state index in [0.29, 0.717) is 16.3 Å². The molecule has 192 valence electrons. The molecular weight excluding hydrogens is 492 g/mol. The minimum absolute atomic E-state index is 0.0360. The zero-order chi connectivity index (χ0) is 26.6. The van der Waals surface area contributed by atoms with Gasteiger partial charge in [0.25, 0.3) is 0 Å². The second-order valence-corrected chi connectivity index (χ2v) is 11.4. The summed E-state index contributed by atoms with van der Waals surface area (Å²) in [6.07, 6.45) is 0. The van der Waals surface area contributed by atoms with E-state index >= 15 is 0 Å². The number of hydrogen-bond donors (Lipinski definition) is 2. The van der Waals surface area contributed by atoms with Gasteiger partial charge in [-0.3, -0.25) is 4.79 Å². The molecule has 5 nitrogen and oxygen atoms in total. The molecule has 7 heteroatoms. The Morgan fingerprint density at radius 2 is 1.44 bits per heavy atom. The van der Waals surface area contributed by atoms with E-state index in [9.17, 15) is 13.6 Å². The molecule has 3 aromatic rings. The number of halogens is 1. The third-order valence-electron chi connectivity index (χ3n) is 6.09. The molecule has 0 bridgehead atoms. The summed E-state index contributed by atoms with van der Waals surface area (Å²) in [4.78, 5) is 15.5. The minimum atomic E-state index is -2.41. The van der Waals surface area contributed by atoms with Gasteiger partial charge in [-0.05, 0) is 83.6 Å². The number of hydrogen-bond acceptors (Lipinski definition) is 3. The summed E-state index contributed by atoms with van der Waals surface area (Å²) in [6.45, 7) is 8.92. The molecule has 0 saturated carbocycles. The Bertz CT molecular complexity index is 1190. The third kappa shape index (κ3) is 6.83. The van der Waals surface area contributed by atoms with Gasteiger partial charge in [0.05, 0.1) is 0 Å². The largest absolute Gasteiger partial charge is 0.325 e. The summed E-state index contributed by atoms with van der Waals surface area (Å²) < 4.78 is 23.1. The van der Waals surface area contributed by atoms with Crippen molar-refractivity contribution in [1.82, 2.24) is 4.90 Å². The van der Waals surface area contributed by atoms with Crippen LogP contribution in [0.25, 0.3) is 11.1 Å². The van der Waals surface area contributed by atoms with E-state index in [-0.39, 0.29) is 11.8 Å². The fourth-order valence-corrected chi connectivity index (χ4v) is 5.20. The van der Waals surface area contributed by atoms with Crippen LogP contribution in [0.3, 0.4) is 0 Å². The first kappa shape index (κ1) is 28.1. The maximum atomic E-state index is 13.5. The zero-order valence-electron chi connectivity index (χ0n) is 21.7. The highest BCUT2D eigenvalue weighted by atomic mass is 35.5. The maximum absolute atomic E-state index is 13.5. The molecule has 0 radical (unpaired) electrons. The standard InChI is InChI=1S/C29H35ClN2O3S/c1-18(2)25-15-22(21-9-11-23(30)12-10-21)16-26(19(3)4)27(25)28(36(34)35)29(33)31-24-13-7-20(8-14-24)17-32(5)6/h7-16,18-19,28H,17H2,1-6H3,(H,31,33)(H,34,35). The summed E-state index contributed by atoms with van der Waals surface area (Å²) in [5.74, 6) is -0.429. The lowest BCUT2D eigenvalue weighted by atomic mass is 9.83. The van der Waals surface area contributed by atoms with E-state index in [4.69, 9.17) is 11.6 Å². The molecule has 0 aliphatic heterocycles. The van der Waals surface area contributed by atoms with Crippen LogP contribution in [0.5, 0.6) is 0 Å². The lowest BCUT2D eigenvalue weighted by molar-refractivity contribution is -0.116. The van der Waals surface area contributed by atoms with Crippen molar-refractivity contribution in [1.29, 1.82) is 0 Å². The van der Waals surface area contributed by atoms with Gasteiger partial charge in [0.2, 0.25) is 5.91 Å². The minimum Gasteiger partial charge on any atom is -0.325 e. The Morgan fingerprint density at radius 3 is 1.89 bits per heavy atom. The number of carbonyl (C=O) groups is 1. The molecule has 1 amide bonds. The molecule has 2 N–H and O–H groups in total. The quantitative estimate of drug-likeness (QED) is 0.289. The number of anilines is 1. The third-order valence-corrected chi connectivity index (χ3v) is 7.19. The van der Waals surface area contributed by atoms with E-state index in [1.807, 2.05) is 102 Å². The molecule has 0 saturated heterocycles. The van der Waals surface area contributed by atoms with Gasteiger partial charge in [0, 0.05) is 17.3 Å². The molecule has 0 aromatic heterocycles. The molecule has 2 atom stereocenters. The van der Waals surface area contributed by atoms with E-state index in [1.54, 1.807) is 0 Å².